The molecule has 0 aliphatic rings. The van der Waals surface area contributed by atoms with Crippen molar-refractivity contribution in [3.63, 3.8) is 0 Å². The zero-order valence-corrected chi connectivity index (χ0v) is 9.08. The van der Waals surface area contributed by atoms with Gasteiger partial charge in [-0.15, -0.1) is 0 Å². The van der Waals surface area contributed by atoms with E-state index in [4.69, 9.17) is 11.6 Å². The number of nitrogens with two attached hydrogens (primary N) is 2. The number of hydrogen-bond donors (Lipinski definition) is 3. The number of nitrogens with one attached hydrogen (secondary N) is 1. The summed E-state index contributed by atoms with van der Waals surface area (Å²) in [5, 5.41) is 4.00. The minimum Gasteiger partial charge on any atom is -0.364 e. The van der Waals surface area contributed by atoms with Crippen LogP contribution in [-0.2, 0) is 0 Å². The van der Waals surface area contributed by atoms with Crippen LogP contribution in [0.4, 0.5) is 5.82 Å². The van der Waals surface area contributed by atoms with Crippen LogP contribution in [0.3, 0.4) is 0 Å². The molecular formula is C9H11N7O. The molecule has 0 saturated heterocycles. The van der Waals surface area contributed by atoms with Gasteiger partial charge in [-0.25, -0.2) is 20.5 Å². The second-order valence-corrected chi connectivity index (χ2v) is 3.33. The summed E-state index contributed by atoms with van der Waals surface area (Å²) >= 11 is 0. The Morgan fingerprint density at radius 1 is 1.47 bits per heavy atom. The molecule has 17 heavy (non-hydrogen) atoms. The lowest BCUT2D eigenvalue weighted by atomic mass is 10.3. The lowest BCUT2D eigenvalue weighted by Gasteiger charge is -2.07. The van der Waals surface area contributed by atoms with Crippen molar-refractivity contribution >= 4 is 11.7 Å². The molecule has 0 bridgehead atoms. The topological polar surface area (TPSA) is 125 Å². The highest BCUT2D eigenvalue weighted by molar-refractivity contribution is 5.90. The number of amides is 1. The van der Waals surface area contributed by atoms with E-state index in [0.29, 0.717) is 17.2 Å². The van der Waals surface area contributed by atoms with Gasteiger partial charge in [-0.05, 0) is 13.0 Å². The maximum absolute atomic E-state index is 10.9. The number of primary amides is 1. The number of nitrogen functional groups attached to an aromatic ring is 1. The summed E-state index contributed by atoms with van der Waals surface area (Å²) in [7, 11) is 0. The molecule has 0 radical (unpaired) electrons. The normalized spacial score (nSPS) is 10.2. The number of carbonyl (C=O) groups is 1. The molecule has 0 aromatic carbocycles. The summed E-state index contributed by atoms with van der Waals surface area (Å²) < 4.78 is 1.44. The molecule has 2 rings (SSSR count). The van der Waals surface area contributed by atoms with Crippen LogP contribution in [0.25, 0.3) is 5.82 Å². The summed E-state index contributed by atoms with van der Waals surface area (Å²) in [6.45, 7) is 1.79. The van der Waals surface area contributed by atoms with Crippen molar-refractivity contribution in [2.45, 2.75) is 6.92 Å². The summed E-state index contributed by atoms with van der Waals surface area (Å²) in [4.78, 5) is 19.0. The van der Waals surface area contributed by atoms with Gasteiger partial charge >= 0.3 is 0 Å². The van der Waals surface area contributed by atoms with E-state index in [0.717, 1.165) is 0 Å². The first-order valence-corrected chi connectivity index (χ1v) is 4.77. The quantitative estimate of drug-likeness (QED) is 0.478. The lowest BCUT2D eigenvalue weighted by Crippen LogP contribution is -2.14. The van der Waals surface area contributed by atoms with Crippen LogP contribution in [0.5, 0.6) is 0 Å². The molecule has 8 heteroatoms. The van der Waals surface area contributed by atoms with Gasteiger partial charge in [-0.1, -0.05) is 0 Å². The molecule has 2 aromatic heterocycles. The summed E-state index contributed by atoms with van der Waals surface area (Å²) in [6, 6.07) is 1.51. The lowest BCUT2D eigenvalue weighted by molar-refractivity contribution is 0.0995. The molecule has 0 unspecified atom stereocenters. The second kappa shape index (κ2) is 4.18. The summed E-state index contributed by atoms with van der Waals surface area (Å²) in [5.74, 6) is 5.74. The number of aromatic nitrogens is 4. The maximum atomic E-state index is 10.9. The molecule has 5 N–H and O–H groups in total. The third kappa shape index (κ3) is 1.93. The van der Waals surface area contributed by atoms with E-state index < -0.39 is 5.91 Å². The van der Waals surface area contributed by atoms with E-state index in [9.17, 15) is 4.79 Å². The summed E-state index contributed by atoms with van der Waals surface area (Å²) in [5.41, 5.74) is 8.46. The van der Waals surface area contributed by atoms with Crippen LogP contribution < -0.4 is 17.0 Å². The van der Waals surface area contributed by atoms with Crippen molar-refractivity contribution in [1.29, 1.82) is 0 Å². The largest absolute Gasteiger partial charge is 0.364 e. The Hall–Kier alpha value is -2.48. The third-order valence-corrected chi connectivity index (χ3v) is 2.25. The highest BCUT2D eigenvalue weighted by Crippen LogP contribution is 2.15. The van der Waals surface area contributed by atoms with Gasteiger partial charge < -0.3 is 11.2 Å². The first kappa shape index (κ1) is 11.0. The smallest absolute Gasteiger partial charge is 0.269 e. The van der Waals surface area contributed by atoms with Crippen LogP contribution in [0.2, 0.25) is 0 Å². The van der Waals surface area contributed by atoms with Crippen molar-refractivity contribution < 1.29 is 4.79 Å². The SMILES string of the molecule is Cc1c(NN)ncnc1-n1ccc(C(N)=O)n1. The maximum Gasteiger partial charge on any atom is 0.269 e. The van der Waals surface area contributed by atoms with Crippen LogP contribution in [0, 0.1) is 6.92 Å². The minimum absolute atomic E-state index is 0.172. The monoisotopic (exact) mass is 233 g/mol. The number of nitrogens with zero attached hydrogens (tertiary/aromatic N) is 4. The van der Waals surface area contributed by atoms with E-state index in [1.807, 2.05) is 0 Å². The molecule has 0 fully saturated rings. The predicted octanol–water partition coefficient (Wildman–Crippen LogP) is -0.645. The predicted molar refractivity (Wildman–Crippen MR) is 60.2 cm³/mol. The van der Waals surface area contributed by atoms with E-state index in [1.54, 1.807) is 13.1 Å². The van der Waals surface area contributed by atoms with Crippen LogP contribution >= 0.6 is 0 Å². The number of carbonyl (C=O) groups excluding carboxylic acids is 1. The fraction of sp³-hybridized carbons (Fsp3) is 0.111. The van der Waals surface area contributed by atoms with Gasteiger partial charge in [-0.3, -0.25) is 4.79 Å². The van der Waals surface area contributed by atoms with Gasteiger partial charge in [-0.2, -0.15) is 5.10 Å². The highest BCUT2D eigenvalue weighted by atomic mass is 16.1. The van der Waals surface area contributed by atoms with Crippen molar-refractivity contribution in [3.8, 4) is 5.82 Å². The van der Waals surface area contributed by atoms with Crippen molar-refractivity contribution in [1.82, 2.24) is 19.7 Å². The third-order valence-electron chi connectivity index (χ3n) is 2.25. The van der Waals surface area contributed by atoms with Crippen LogP contribution in [0.15, 0.2) is 18.6 Å². The van der Waals surface area contributed by atoms with Crippen molar-refractivity contribution in [3.05, 3.63) is 29.8 Å². The molecule has 2 aromatic rings. The summed E-state index contributed by atoms with van der Waals surface area (Å²) in [6.07, 6.45) is 2.94. The minimum atomic E-state index is -0.590. The molecule has 0 atom stereocenters. The first-order valence-electron chi connectivity index (χ1n) is 4.77. The van der Waals surface area contributed by atoms with Crippen molar-refractivity contribution in [2.24, 2.45) is 11.6 Å². The molecule has 0 saturated carbocycles. The van der Waals surface area contributed by atoms with Gasteiger partial charge in [0.05, 0.1) is 0 Å². The Labute approximate surface area is 96.6 Å². The Bertz CT molecular complexity index is 562. The average Bonchev–Trinajstić information content (AvgIpc) is 2.78. The fourth-order valence-electron chi connectivity index (χ4n) is 1.39. The molecule has 2 heterocycles. The Kier molecular flexibility index (Phi) is 2.71. The first-order chi connectivity index (χ1) is 8.13. The van der Waals surface area contributed by atoms with Gasteiger partial charge in [0.25, 0.3) is 5.91 Å². The zero-order valence-electron chi connectivity index (χ0n) is 9.08. The Balaban J connectivity index is 2.49. The average molecular weight is 233 g/mol. The van der Waals surface area contributed by atoms with Crippen LogP contribution in [-0.4, -0.2) is 25.7 Å². The fourth-order valence-corrected chi connectivity index (χ4v) is 1.39. The molecule has 0 spiro atoms. The standard InChI is InChI=1S/C9H11N7O/c1-5-8(14-11)12-4-13-9(5)16-3-2-6(15-16)7(10)17/h2-4H,11H2,1H3,(H2,10,17)(H,12,13,14). The van der Waals surface area contributed by atoms with Crippen LogP contribution in [0.1, 0.15) is 16.1 Å². The van der Waals surface area contributed by atoms with Gasteiger partial charge in [0, 0.05) is 11.8 Å². The Morgan fingerprint density at radius 2 is 2.24 bits per heavy atom. The van der Waals surface area contributed by atoms with Gasteiger partial charge in [0.15, 0.2) is 5.82 Å². The number of anilines is 1. The molecular weight excluding hydrogens is 222 g/mol. The molecule has 0 aliphatic carbocycles. The van der Waals surface area contributed by atoms with Gasteiger partial charge in [0.2, 0.25) is 0 Å². The Morgan fingerprint density at radius 3 is 2.82 bits per heavy atom. The van der Waals surface area contributed by atoms with Gasteiger partial charge in [0.1, 0.15) is 17.8 Å². The van der Waals surface area contributed by atoms with E-state index >= 15 is 0 Å². The van der Waals surface area contributed by atoms with E-state index in [1.165, 1.54) is 17.1 Å². The zero-order chi connectivity index (χ0) is 12.4. The highest BCUT2D eigenvalue weighted by Gasteiger charge is 2.11. The van der Waals surface area contributed by atoms with E-state index in [-0.39, 0.29) is 5.69 Å². The number of hydrazine groups is 1. The second-order valence-electron chi connectivity index (χ2n) is 3.33. The van der Waals surface area contributed by atoms with Crippen molar-refractivity contribution in [2.75, 3.05) is 5.43 Å². The molecule has 88 valence electrons. The molecule has 8 nitrogen and oxygen atoms in total. The number of rotatable bonds is 3. The molecule has 1 amide bonds. The van der Waals surface area contributed by atoms with E-state index in [2.05, 4.69) is 20.5 Å². The number of hydrogen-bond acceptors (Lipinski definition) is 6. The molecule has 0 aliphatic heterocycles.